The van der Waals surface area contributed by atoms with E-state index in [9.17, 15) is 4.79 Å². The Balaban J connectivity index is 2.27. The Morgan fingerprint density at radius 2 is 2.17 bits per heavy atom. The zero-order valence-electron chi connectivity index (χ0n) is 11.5. The van der Waals surface area contributed by atoms with Gasteiger partial charge in [-0.15, -0.1) is 0 Å². The zero-order chi connectivity index (χ0) is 13.4. The third kappa shape index (κ3) is 5.86. The van der Waals surface area contributed by atoms with Crippen molar-refractivity contribution in [1.82, 2.24) is 16.0 Å². The van der Waals surface area contributed by atoms with Crippen molar-refractivity contribution < 1.29 is 9.53 Å². The van der Waals surface area contributed by atoms with Crippen molar-refractivity contribution in [2.24, 2.45) is 10.9 Å². The van der Waals surface area contributed by atoms with Crippen LogP contribution in [0.3, 0.4) is 0 Å². The fourth-order valence-corrected chi connectivity index (χ4v) is 1.52. The van der Waals surface area contributed by atoms with Gasteiger partial charge >= 0.3 is 0 Å². The maximum Gasteiger partial charge on any atom is 0.241 e. The standard InChI is InChI=1S/C12H24N4O2/c1-4-13-12(16-10-7-9(10)2)15-8-11(17)14-5-6-18-3/h9-10H,4-8H2,1-3H3,(H,14,17)(H2,13,15,16). The van der Waals surface area contributed by atoms with Crippen LogP contribution in [0.5, 0.6) is 0 Å². The summed E-state index contributed by atoms with van der Waals surface area (Å²) in [5.74, 6) is 1.33. The van der Waals surface area contributed by atoms with Gasteiger partial charge in [-0.2, -0.15) is 0 Å². The molecule has 2 atom stereocenters. The first kappa shape index (κ1) is 14.8. The van der Waals surface area contributed by atoms with E-state index in [1.807, 2.05) is 6.92 Å². The summed E-state index contributed by atoms with van der Waals surface area (Å²) in [4.78, 5) is 15.7. The fourth-order valence-electron chi connectivity index (χ4n) is 1.52. The van der Waals surface area contributed by atoms with E-state index in [2.05, 4.69) is 27.9 Å². The zero-order valence-corrected chi connectivity index (χ0v) is 11.5. The molecule has 6 heteroatoms. The van der Waals surface area contributed by atoms with Crippen molar-refractivity contribution in [1.29, 1.82) is 0 Å². The van der Waals surface area contributed by atoms with Gasteiger partial charge in [0.1, 0.15) is 6.54 Å². The minimum absolute atomic E-state index is 0.0897. The van der Waals surface area contributed by atoms with Crippen LogP contribution in [0.1, 0.15) is 20.3 Å². The molecule has 0 aromatic carbocycles. The van der Waals surface area contributed by atoms with Gasteiger partial charge in [0, 0.05) is 26.2 Å². The summed E-state index contributed by atoms with van der Waals surface area (Å²) < 4.78 is 4.85. The molecule has 6 nitrogen and oxygen atoms in total. The Labute approximate surface area is 109 Å². The molecular formula is C12H24N4O2. The summed E-state index contributed by atoms with van der Waals surface area (Å²) in [7, 11) is 1.61. The molecule has 0 radical (unpaired) electrons. The van der Waals surface area contributed by atoms with Gasteiger partial charge in [-0.25, -0.2) is 4.99 Å². The summed E-state index contributed by atoms with van der Waals surface area (Å²) >= 11 is 0. The lowest BCUT2D eigenvalue weighted by Crippen LogP contribution is -2.40. The molecule has 104 valence electrons. The number of carbonyl (C=O) groups is 1. The molecule has 2 unspecified atom stereocenters. The summed E-state index contributed by atoms with van der Waals surface area (Å²) in [5, 5.41) is 9.16. The highest BCUT2D eigenvalue weighted by Crippen LogP contribution is 2.28. The molecule has 1 saturated carbocycles. The van der Waals surface area contributed by atoms with E-state index in [-0.39, 0.29) is 12.5 Å². The Kier molecular flexibility index (Phi) is 6.49. The second kappa shape index (κ2) is 7.92. The topological polar surface area (TPSA) is 74.8 Å². The maximum atomic E-state index is 11.5. The average molecular weight is 256 g/mol. The van der Waals surface area contributed by atoms with Crippen LogP contribution in [0.25, 0.3) is 0 Å². The number of guanidine groups is 1. The molecule has 1 aliphatic carbocycles. The third-order valence-corrected chi connectivity index (χ3v) is 2.78. The molecule has 0 aliphatic heterocycles. The first-order valence-corrected chi connectivity index (χ1v) is 6.47. The van der Waals surface area contributed by atoms with E-state index >= 15 is 0 Å². The molecule has 1 amide bonds. The van der Waals surface area contributed by atoms with Gasteiger partial charge < -0.3 is 20.7 Å². The smallest absolute Gasteiger partial charge is 0.241 e. The molecule has 0 aromatic heterocycles. The van der Waals surface area contributed by atoms with E-state index in [4.69, 9.17) is 4.74 Å². The van der Waals surface area contributed by atoms with Crippen molar-refractivity contribution in [2.75, 3.05) is 33.4 Å². The normalized spacial score (nSPS) is 22.5. The number of hydrogen-bond acceptors (Lipinski definition) is 3. The van der Waals surface area contributed by atoms with E-state index in [0.717, 1.165) is 6.54 Å². The molecule has 0 heterocycles. The highest BCUT2D eigenvalue weighted by Gasteiger charge is 2.33. The molecule has 1 fully saturated rings. The van der Waals surface area contributed by atoms with Crippen LogP contribution < -0.4 is 16.0 Å². The number of methoxy groups -OCH3 is 1. The number of ether oxygens (including phenoxy) is 1. The largest absolute Gasteiger partial charge is 0.383 e. The first-order valence-electron chi connectivity index (χ1n) is 6.47. The van der Waals surface area contributed by atoms with Crippen LogP contribution in [-0.4, -0.2) is 51.3 Å². The van der Waals surface area contributed by atoms with Crippen LogP contribution >= 0.6 is 0 Å². The maximum absolute atomic E-state index is 11.5. The molecule has 1 aliphatic rings. The highest BCUT2D eigenvalue weighted by atomic mass is 16.5. The Morgan fingerprint density at radius 3 is 2.72 bits per heavy atom. The van der Waals surface area contributed by atoms with Crippen LogP contribution in [0.4, 0.5) is 0 Å². The lowest BCUT2D eigenvalue weighted by Gasteiger charge is -2.10. The SMILES string of the molecule is CCNC(=NCC(=O)NCCOC)NC1CC1C. The number of carbonyl (C=O) groups excluding carboxylic acids is 1. The number of nitrogens with one attached hydrogen (secondary N) is 3. The quantitative estimate of drug-likeness (QED) is 0.332. The summed E-state index contributed by atoms with van der Waals surface area (Å²) in [6.45, 7) is 6.17. The number of hydrogen-bond donors (Lipinski definition) is 3. The van der Waals surface area contributed by atoms with Gasteiger partial charge in [-0.1, -0.05) is 6.92 Å². The van der Waals surface area contributed by atoms with Crippen molar-refractivity contribution >= 4 is 11.9 Å². The van der Waals surface area contributed by atoms with Gasteiger partial charge in [-0.3, -0.25) is 4.79 Å². The highest BCUT2D eigenvalue weighted by molar-refractivity contribution is 5.85. The lowest BCUT2D eigenvalue weighted by molar-refractivity contribution is -0.119. The second-order valence-electron chi connectivity index (χ2n) is 4.50. The number of amides is 1. The Hall–Kier alpha value is -1.30. The number of rotatable bonds is 7. The minimum Gasteiger partial charge on any atom is -0.383 e. The number of aliphatic imine (C=N–C) groups is 1. The lowest BCUT2D eigenvalue weighted by atomic mass is 10.5. The van der Waals surface area contributed by atoms with Crippen LogP contribution in [-0.2, 0) is 9.53 Å². The molecule has 0 saturated heterocycles. The molecule has 18 heavy (non-hydrogen) atoms. The molecule has 0 aromatic rings. The average Bonchev–Trinajstić information content (AvgIpc) is 3.02. The summed E-state index contributed by atoms with van der Waals surface area (Å²) in [6.07, 6.45) is 1.17. The second-order valence-corrected chi connectivity index (χ2v) is 4.50. The molecule has 3 N–H and O–H groups in total. The van der Waals surface area contributed by atoms with Crippen LogP contribution in [0.15, 0.2) is 4.99 Å². The van der Waals surface area contributed by atoms with Gasteiger partial charge in [0.25, 0.3) is 0 Å². The minimum atomic E-state index is -0.0897. The third-order valence-electron chi connectivity index (χ3n) is 2.78. The van der Waals surface area contributed by atoms with Gasteiger partial charge in [0.15, 0.2) is 5.96 Å². The fraction of sp³-hybridized carbons (Fsp3) is 0.833. The summed E-state index contributed by atoms with van der Waals surface area (Å²) in [5.41, 5.74) is 0. The Morgan fingerprint density at radius 1 is 1.44 bits per heavy atom. The monoisotopic (exact) mass is 256 g/mol. The predicted octanol–water partition coefficient (Wildman–Crippen LogP) is -0.287. The van der Waals surface area contributed by atoms with E-state index in [1.54, 1.807) is 7.11 Å². The van der Waals surface area contributed by atoms with Crippen molar-refractivity contribution in [2.45, 2.75) is 26.3 Å². The van der Waals surface area contributed by atoms with Crippen molar-refractivity contribution in [3.05, 3.63) is 0 Å². The molecular weight excluding hydrogens is 232 g/mol. The summed E-state index contributed by atoms with van der Waals surface area (Å²) in [6, 6.07) is 0.499. The predicted molar refractivity (Wildman–Crippen MR) is 71.6 cm³/mol. The molecule has 1 rings (SSSR count). The van der Waals surface area contributed by atoms with Crippen molar-refractivity contribution in [3.63, 3.8) is 0 Å². The van der Waals surface area contributed by atoms with Gasteiger partial charge in [0.05, 0.1) is 6.61 Å². The van der Waals surface area contributed by atoms with Crippen LogP contribution in [0.2, 0.25) is 0 Å². The Bertz CT molecular complexity index is 294. The van der Waals surface area contributed by atoms with Crippen LogP contribution in [0, 0.1) is 5.92 Å². The first-order chi connectivity index (χ1) is 8.67. The molecule has 0 spiro atoms. The van der Waals surface area contributed by atoms with Crippen molar-refractivity contribution in [3.8, 4) is 0 Å². The van der Waals surface area contributed by atoms with E-state index in [1.165, 1.54) is 6.42 Å². The van der Waals surface area contributed by atoms with E-state index in [0.29, 0.717) is 31.1 Å². The van der Waals surface area contributed by atoms with Gasteiger partial charge in [-0.05, 0) is 19.3 Å². The number of nitrogens with zero attached hydrogens (tertiary/aromatic N) is 1. The molecule has 0 bridgehead atoms. The van der Waals surface area contributed by atoms with Gasteiger partial charge in [0.2, 0.25) is 5.91 Å². The van der Waals surface area contributed by atoms with E-state index < -0.39 is 0 Å².